The van der Waals surface area contributed by atoms with Crippen molar-refractivity contribution in [2.45, 2.75) is 71.1 Å². The summed E-state index contributed by atoms with van der Waals surface area (Å²) in [4.78, 5) is 53.5. The summed E-state index contributed by atoms with van der Waals surface area (Å²) < 4.78 is 0. The number of para-hydroxylation sites is 1. The predicted octanol–water partition coefficient (Wildman–Crippen LogP) is 0.661. The Hall–Kier alpha value is -3.44. The van der Waals surface area contributed by atoms with E-state index in [1.807, 2.05) is 44.3 Å². The van der Waals surface area contributed by atoms with E-state index in [0.717, 1.165) is 16.5 Å². The third-order valence-electron chi connectivity index (χ3n) is 6.84. The number of carboxylic acid groups (broad SMARTS) is 1. The van der Waals surface area contributed by atoms with Crippen LogP contribution in [0.4, 0.5) is 0 Å². The molecule has 11 nitrogen and oxygen atoms in total. The number of nitrogens with two attached hydrogens (primary N) is 1. The van der Waals surface area contributed by atoms with Crippen LogP contribution in [0, 0.1) is 11.8 Å². The molecule has 0 saturated carbocycles. The molecule has 0 saturated heterocycles. The van der Waals surface area contributed by atoms with Crippen LogP contribution in [0.1, 0.15) is 46.1 Å². The number of hydrogen-bond acceptors (Lipinski definition) is 6. The van der Waals surface area contributed by atoms with Crippen molar-refractivity contribution in [3.63, 3.8) is 0 Å². The van der Waals surface area contributed by atoms with E-state index in [0.29, 0.717) is 12.8 Å². The Morgan fingerprint density at radius 2 is 1.46 bits per heavy atom. The summed E-state index contributed by atoms with van der Waals surface area (Å²) in [5.74, 6) is -3.79. The second-order valence-corrected chi connectivity index (χ2v) is 9.50. The van der Waals surface area contributed by atoms with Crippen LogP contribution in [0.5, 0.6) is 0 Å². The maximum atomic E-state index is 13.3. The van der Waals surface area contributed by atoms with Crippen LogP contribution < -0.4 is 21.7 Å². The minimum absolute atomic E-state index is 0.264. The highest BCUT2D eigenvalue weighted by Crippen LogP contribution is 2.19. The highest BCUT2D eigenvalue weighted by atomic mass is 16.4. The molecule has 0 aliphatic carbocycles. The molecule has 6 atom stereocenters. The molecule has 6 unspecified atom stereocenters. The molecular weight excluding hydrogens is 478 g/mol. The molecular formula is C26H39N5O6. The Morgan fingerprint density at radius 1 is 0.919 bits per heavy atom. The van der Waals surface area contributed by atoms with Crippen LogP contribution in [0.2, 0.25) is 0 Å². The lowest BCUT2D eigenvalue weighted by molar-refractivity contribution is -0.143. The molecule has 11 heteroatoms. The summed E-state index contributed by atoms with van der Waals surface area (Å²) in [5, 5.41) is 27.1. The van der Waals surface area contributed by atoms with E-state index in [1.54, 1.807) is 13.8 Å². The Labute approximate surface area is 216 Å². The number of nitrogens with one attached hydrogen (secondary N) is 4. The van der Waals surface area contributed by atoms with Gasteiger partial charge in [-0.3, -0.25) is 14.4 Å². The molecule has 1 aromatic heterocycles. The maximum Gasteiger partial charge on any atom is 0.328 e. The number of aliphatic hydroxyl groups is 1. The van der Waals surface area contributed by atoms with E-state index < -0.39 is 54.5 Å². The second kappa shape index (κ2) is 13.8. The number of carboxylic acids is 1. The van der Waals surface area contributed by atoms with Gasteiger partial charge in [-0.2, -0.15) is 0 Å². The molecule has 1 aromatic carbocycles. The van der Waals surface area contributed by atoms with Gasteiger partial charge in [-0.25, -0.2) is 4.79 Å². The van der Waals surface area contributed by atoms with E-state index in [-0.39, 0.29) is 18.3 Å². The molecule has 8 N–H and O–H groups in total. The Bertz CT molecular complexity index is 1090. The fraction of sp³-hybridized carbons (Fsp3) is 0.538. The van der Waals surface area contributed by atoms with Gasteiger partial charge in [0.1, 0.15) is 18.1 Å². The second-order valence-electron chi connectivity index (χ2n) is 9.50. The quantitative estimate of drug-likeness (QED) is 0.192. The molecule has 0 spiro atoms. The molecule has 0 aliphatic rings. The fourth-order valence-corrected chi connectivity index (χ4v) is 3.98. The number of hydrogen-bond donors (Lipinski definition) is 7. The van der Waals surface area contributed by atoms with Crippen LogP contribution in [-0.4, -0.2) is 69.7 Å². The van der Waals surface area contributed by atoms with Crippen LogP contribution in [0.15, 0.2) is 30.5 Å². The van der Waals surface area contributed by atoms with Crippen molar-refractivity contribution in [1.29, 1.82) is 0 Å². The van der Waals surface area contributed by atoms with Gasteiger partial charge in [-0.15, -0.1) is 0 Å². The number of H-pyrrole nitrogens is 1. The number of aromatic amines is 1. The molecule has 0 aliphatic heterocycles. The van der Waals surface area contributed by atoms with Gasteiger partial charge < -0.3 is 36.9 Å². The van der Waals surface area contributed by atoms with Crippen molar-refractivity contribution in [3.05, 3.63) is 36.0 Å². The van der Waals surface area contributed by atoms with E-state index in [1.165, 1.54) is 0 Å². The lowest BCUT2D eigenvalue weighted by atomic mass is 9.94. The van der Waals surface area contributed by atoms with Crippen molar-refractivity contribution in [1.82, 2.24) is 20.9 Å². The number of aliphatic carboxylic acids is 1. The first-order valence-corrected chi connectivity index (χ1v) is 12.6. The number of amides is 3. The third-order valence-corrected chi connectivity index (χ3v) is 6.84. The number of aromatic nitrogens is 1. The third kappa shape index (κ3) is 7.77. The van der Waals surface area contributed by atoms with Gasteiger partial charge in [0.25, 0.3) is 0 Å². The highest BCUT2D eigenvalue weighted by Gasteiger charge is 2.34. The number of benzene rings is 1. The van der Waals surface area contributed by atoms with Crippen molar-refractivity contribution in [3.8, 4) is 0 Å². The molecule has 0 fully saturated rings. The highest BCUT2D eigenvalue weighted by molar-refractivity contribution is 5.94. The SMILES string of the molecule is CCC(C)C(NC(=O)C(N)Cc1c[nH]c2ccccc12)C(=O)NC(C(=O)NC(CO)C(=O)O)C(C)CC. The van der Waals surface area contributed by atoms with Crippen molar-refractivity contribution in [2.75, 3.05) is 6.61 Å². The minimum atomic E-state index is -1.50. The normalized spacial score (nSPS) is 16.2. The van der Waals surface area contributed by atoms with Gasteiger partial charge in [0.15, 0.2) is 0 Å². The topological polar surface area (TPSA) is 187 Å². The number of carbonyl (C=O) groups excluding carboxylic acids is 3. The van der Waals surface area contributed by atoms with Crippen molar-refractivity contribution < 1.29 is 29.4 Å². The van der Waals surface area contributed by atoms with E-state index >= 15 is 0 Å². The molecule has 204 valence electrons. The molecule has 3 amide bonds. The van der Waals surface area contributed by atoms with Gasteiger partial charge in [-0.05, 0) is 29.9 Å². The van der Waals surface area contributed by atoms with Gasteiger partial charge >= 0.3 is 5.97 Å². The summed E-state index contributed by atoms with van der Waals surface area (Å²) in [6.45, 7) is 6.46. The lowest BCUT2D eigenvalue weighted by Gasteiger charge is -2.30. The van der Waals surface area contributed by atoms with Gasteiger partial charge in [0.05, 0.1) is 12.6 Å². The molecule has 37 heavy (non-hydrogen) atoms. The van der Waals surface area contributed by atoms with Crippen LogP contribution in [0.25, 0.3) is 10.9 Å². The summed E-state index contributed by atoms with van der Waals surface area (Å²) in [6.07, 6.45) is 3.16. The van der Waals surface area contributed by atoms with Crippen LogP contribution >= 0.6 is 0 Å². The minimum Gasteiger partial charge on any atom is -0.480 e. The zero-order valence-corrected chi connectivity index (χ0v) is 21.8. The monoisotopic (exact) mass is 517 g/mol. The van der Waals surface area contributed by atoms with Gasteiger partial charge in [0, 0.05) is 17.1 Å². The van der Waals surface area contributed by atoms with Crippen molar-refractivity contribution in [2.24, 2.45) is 17.6 Å². The zero-order chi connectivity index (χ0) is 27.7. The first kappa shape index (κ1) is 29.8. The average Bonchev–Trinajstić information content (AvgIpc) is 3.29. The molecule has 2 aromatic rings. The largest absolute Gasteiger partial charge is 0.480 e. The number of aliphatic hydroxyl groups excluding tert-OH is 1. The van der Waals surface area contributed by atoms with Gasteiger partial charge in [0.2, 0.25) is 17.7 Å². The maximum absolute atomic E-state index is 13.3. The molecule has 0 bridgehead atoms. The van der Waals surface area contributed by atoms with E-state index in [4.69, 9.17) is 10.8 Å². The Morgan fingerprint density at radius 3 is 2.00 bits per heavy atom. The molecule has 2 rings (SSSR count). The average molecular weight is 518 g/mol. The molecule has 1 heterocycles. The number of fused-ring (bicyclic) bond motifs is 1. The predicted molar refractivity (Wildman–Crippen MR) is 139 cm³/mol. The van der Waals surface area contributed by atoms with E-state index in [2.05, 4.69) is 20.9 Å². The van der Waals surface area contributed by atoms with E-state index in [9.17, 15) is 24.3 Å². The lowest BCUT2D eigenvalue weighted by Crippen LogP contribution is -2.60. The summed E-state index contributed by atoms with van der Waals surface area (Å²) in [7, 11) is 0. The summed E-state index contributed by atoms with van der Waals surface area (Å²) in [6, 6.07) is 3.25. The van der Waals surface area contributed by atoms with Crippen LogP contribution in [0.3, 0.4) is 0 Å². The molecule has 0 radical (unpaired) electrons. The number of carbonyl (C=O) groups is 4. The zero-order valence-electron chi connectivity index (χ0n) is 21.8. The smallest absolute Gasteiger partial charge is 0.328 e. The van der Waals surface area contributed by atoms with Gasteiger partial charge in [-0.1, -0.05) is 58.7 Å². The first-order valence-electron chi connectivity index (χ1n) is 12.6. The Balaban J connectivity index is 2.15. The summed E-state index contributed by atoms with van der Waals surface area (Å²) >= 11 is 0. The first-order chi connectivity index (χ1) is 17.5. The standard InChI is InChI=1S/C26H39N5O6/c1-5-14(3)21(24(34)29-20(13-32)26(36)37)31-25(35)22(15(4)6-2)30-23(33)18(27)11-16-12-28-19-10-8-7-9-17(16)19/h7-10,12,14-15,18,20-22,28,32H,5-6,11,13,27H2,1-4H3,(H,29,34)(H,30,33)(H,31,35)(H,36,37). The summed E-state index contributed by atoms with van der Waals surface area (Å²) in [5.41, 5.74) is 8.02. The fourth-order valence-electron chi connectivity index (χ4n) is 3.98. The number of rotatable bonds is 14. The Kier molecular flexibility index (Phi) is 11.1. The van der Waals surface area contributed by atoms with Crippen LogP contribution in [-0.2, 0) is 25.6 Å². The van der Waals surface area contributed by atoms with Crippen molar-refractivity contribution >= 4 is 34.6 Å².